The van der Waals surface area contributed by atoms with Crippen molar-refractivity contribution in [3.05, 3.63) is 18.9 Å². The van der Waals surface area contributed by atoms with E-state index in [4.69, 9.17) is 10.5 Å². The number of imidazole rings is 1. The van der Waals surface area contributed by atoms with E-state index in [-0.39, 0.29) is 0 Å². The molecular weight excluding hydrogens is 234 g/mol. The number of aromatic amines is 1. The second kappa shape index (κ2) is 4.08. The first-order valence-corrected chi connectivity index (χ1v) is 5.25. The van der Waals surface area contributed by atoms with E-state index in [0.717, 1.165) is 0 Å². The van der Waals surface area contributed by atoms with Gasteiger partial charge in [0.1, 0.15) is 30.1 Å². The maximum Gasteiger partial charge on any atom is 0.165 e. The number of hydrogen-bond acceptors (Lipinski definition) is 6. The predicted molar refractivity (Wildman–Crippen MR) is 64.3 cm³/mol. The van der Waals surface area contributed by atoms with Crippen LogP contribution in [0.15, 0.2) is 18.9 Å². The topological polar surface area (TPSA) is 108 Å². The van der Waals surface area contributed by atoms with E-state index in [1.54, 1.807) is 24.2 Å². The number of rotatable bonds is 3. The fourth-order valence-electron chi connectivity index (χ4n) is 1.80. The van der Waals surface area contributed by atoms with Gasteiger partial charge in [-0.15, -0.1) is 0 Å². The summed E-state index contributed by atoms with van der Waals surface area (Å²) in [7, 11) is 1.61. The molecule has 3 N–H and O–H groups in total. The minimum Gasteiger partial charge on any atom is -0.384 e. The molecule has 92 valence electrons. The van der Waals surface area contributed by atoms with Gasteiger partial charge < -0.3 is 10.5 Å². The van der Waals surface area contributed by atoms with Gasteiger partial charge in [0.25, 0.3) is 0 Å². The predicted octanol–water partition coefficient (Wildman–Crippen LogP) is 0.402. The van der Waals surface area contributed by atoms with Crippen LogP contribution in [0.4, 0.5) is 5.82 Å². The lowest BCUT2D eigenvalue weighted by Gasteiger charge is -2.02. The van der Waals surface area contributed by atoms with Crippen molar-refractivity contribution in [3.8, 4) is 11.3 Å². The van der Waals surface area contributed by atoms with Crippen LogP contribution in [0.2, 0.25) is 0 Å². The molecule has 0 aromatic carbocycles. The molecule has 0 saturated heterocycles. The Labute approximate surface area is 102 Å². The Kier molecular flexibility index (Phi) is 2.41. The number of nitrogens with one attached hydrogen (secondary N) is 1. The molecular formula is C10H11N7O. The summed E-state index contributed by atoms with van der Waals surface area (Å²) in [5.41, 5.74) is 8.52. The highest BCUT2D eigenvalue weighted by molar-refractivity contribution is 5.89. The van der Waals surface area contributed by atoms with Crippen LogP contribution in [0, 0.1) is 0 Å². The van der Waals surface area contributed by atoms with Crippen LogP contribution >= 0.6 is 0 Å². The van der Waals surface area contributed by atoms with Crippen molar-refractivity contribution in [2.45, 2.75) is 6.73 Å². The molecule has 18 heavy (non-hydrogen) atoms. The summed E-state index contributed by atoms with van der Waals surface area (Å²) < 4.78 is 6.86. The molecule has 0 spiro atoms. The molecule has 0 aliphatic heterocycles. The lowest BCUT2D eigenvalue weighted by molar-refractivity contribution is 0.134. The second-order valence-electron chi connectivity index (χ2n) is 3.72. The Morgan fingerprint density at radius 3 is 3.00 bits per heavy atom. The number of nitrogens with two attached hydrogens (primary N) is 1. The Morgan fingerprint density at radius 2 is 2.28 bits per heavy atom. The quantitative estimate of drug-likeness (QED) is 0.691. The van der Waals surface area contributed by atoms with Crippen LogP contribution in [-0.4, -0.2) is 36.8 Å². The maximum atomic E-state index is 5.79. The van der Waals surface area contributed by atoms with Crippen LogP contribution in [0.1, 0.15) is 0 Å². The molecule has 0 unspecified atom stereocenters. The van der Waals surface area contributed by atoms with Crippen molar-refractivity contribution in [2.24, 2.45) is 0 Å². The summed E-state index contributed by atoms with van der Waals surface area (Å²) in [6.45, 7) is 0.383. The van der Waals surface area contributed by atoms with Crippen LogP contribution in [0.3, 0.4) is 0 Å². The molecule has 0 radical (unpaired) electrons. The van der Waals surface area contributed by atoms with Gasteiger partial charge in [0.15, 0.2) is 5.65 Å². The largest absolute Gasteiger partial charge is 0.384 e. The summed E-state index contributed by atoms with van der Waals surface area (Å²) in [5, 5.41) is 6.55. The number of aromatic nitrogens is 6. The molecule has 0 saturated carbocycles. The molecule has 0 aliphatic rings. The highest BCUT2D eigenvalue weighted by atomic mass is 16.5. The van der Waals surface area contributed by atoms with E-state index < -0.39 is 0 Å². The van der Waals surface area contributed by atoms with Crippen LogP contribution in [0.25, 0.3) is 22.4 Å². The maximum absolute atomic E-state index is 5.79. The van der Waals surface area contributed by atoms with E-state index in [2.05, 4.69) is 25.1 Å². The van der Waals surface area contributed by atoms with Crippen LogP contribution in [-0.2, 0) is 11.5 Å². The Morgan fingerprint density at radius 1 is 1.39 bits per heavy atom. The normalized spacial score (nSPS) is 11.2. The molecule has 0 bridgehead atoms. The smallest absolute Gasteiger partial charge is 0.165 e. The zero-order valence-corrected chi connectivity index (χ0v) is 9.66. The number of H-pyrrole nitrogens is 1. The third-order valence-electron chi connectivity index (χ3n) is 2.59. The molecule has 8 heteroatoms. The zero-order valence-electron chi connectivity index (χ0n) is 9.66. The minimum absolute atomic E-state index is 0.383. The first kappa shape index (κ1) is 10.7. The third kappa shape index (κ3) is 1.51. The Bertz CT molecular complexity index is 686. The summed E-state index contributed by atoms with van der Waals surface area (Å²) in [6.07, 6.45) is 4.74. The average molecular weight is 245 g/mol. The standard InChI is InChI=1S/C10H11N7O/c1-18-5-17-4-14-8-7(12-3-13-10(8)17)6-2-15-16-9(6)11/h2-4H,5H2,1H3,(H3,11,15,16). The van der Waals surface area contributed by atoms with Gasteiger partial charge in [0.2, 0.25) is 0 Å². The van der Waals surface area contributed by atoms with Crippen molar-refractivity contribution in [1.82, 2.24) is 29.7 Å². The molecule has 0 fully saturated rings. The third-order valence-corrected chi connectivity index (χ3v) is 2.59. The first-order chi connectivity index (χ1) is 8.81. The summed E-state index contributed by atoms with van der Waals surface area (Å²) in [4.78, 5) is 12.7. The van der Waals surface area contributed by atoms with Gasteiger partial charge in [-0.1, -0.05) is 0 Å². The number of anilines is 1. The van der Waals surface area contributed by atoms with Gasteiger partial charge in [0.05, 0.1) is 18.1 Å². The molecule has 0 amide bonds. The van der Waals surface area contributed by atoms with Crippen molar-refractivity contribution < 1.29 is 4.74 Å². The van der Waals surface area contributed by atoms with E-state index in [1.807, 2.05) is 0 Å². The van der Waals surface area contributed by atoms with Crippen molar-refractivity contribution in [1.29, 1.82) is 0 Å². The van der Waals surface area contributed by atoms with Gasteiger partial charge in [-0.2, -0.15) is 5.10 Å². The Hall–Kier alpha value is -2.48. The zero-order chi connectivity index (χ0) is 12.5. The van der Waals surface area contributed by atoms with E-state index in [0.29, 0.717) is 35.0 Å². The van der Waals surface area contributed by atoms with Gasteiger partial charge in [-0.05, 0) is 0 Å². The summed E-state index contributed by atoms with van der Waals surface area (Å²) in [5.74, 6) is 0.455. The fourth-order valence-corrected chi connectivity index (χ4v) is 1.80. The van der Waals surface area contributed by atoms with Gasteiger partial charge in [-0.3, -0.25) is 9.67 Å². The van der Waals surface area contributed by atoms with Crippen molar-refractivity contribution in [3.63, 3.8) is 0 Å². The summed E-state index contributed by atoms with van der Waals surface area (Å²) >= 11 is 0. The minimum atomic E-state index is 0.383. The van der Waals surface area contributed by atoms with Gasteiger partial charge in [0, 0.05) is 7.11 Å². The molecule has 8 nitrogen and oxygen atoms in total. The number of ether oxygens (including phenoxy) is 1. The second-order valence-corrected chi connectivity index (χ2v) is 3.72. The highest BCUT2D eigenvalue weighted by Crippen LogP contribution is 2.26. The van der Waals surface area contributed by atoms with E-state index in [9.17, 15) is 0 Å². The van der Waals surface area contributed by atoms with Crippen molar-refractivity contribution in [2.75, 3.05) is 12.8 Å². The van der Waals surface area contributed by atoms with E-state index >= 15 is 0 Å². The molecule has 0 atom stereocenters. The molecule has 3 rings (SSSR count). The molecule has 3 heterocycles. The lowest BCUT2D eigenvalue weighted by atomic mass is 10.2. The van der Waals surface area contributed by atoms with Gasteiger partial charge in [-0.25, -0.2) is 15.0 Å². The molecule has 3 aromatic rings. The number of hydrogen-bond donors (Lipinski definition) is 2. The SMILES string of the molecule is COCn1cnc2c(-c3cn[nH]c3N)ncnc21. The Balaban J connectivity index is 2.22. The number of nitrogen functional groups attached to an aromatic ring is 1. The van der Waals surface area contributed by atoms with Crippen molar-refractivity contribution >= 4 is 17.0 Å². The monoisotopic (exact) mass is 245 g/mol. The average Bonchev–Trinajstić information content (AvgIpc) is 2.97. The fraction of sp³-hybridized carbons (Fsp3) is 0.200. The number of methoxy groups -OCH3 is 1. The van der Waals surface area contributed by atoms with E-state index in [1.165, 1.54) is 6.33 Å². The molecule has 0 aliphatic carbocycles. The number of nitrogens with zero attached hydrogens (tertiary/aromatic N) is 5. The highest BCUT2D eigenvalue weighted by Gasteiger charge is 2.14. The van der Waals surface area contributed by atoms with Crippen LogP contribution < -0.4 is 5.73 Å². The number of fused-ring (bicyclic) bond motifs is 1. The lowest BCUT2D eigenvalue weighted by Crippen LogP contribution is -1.99. The first-order valence-electron chi connectivity index (χ1n) is 5.25. The molecule has 3 aromatic heterocycles. The van der Waals surface area contributed by atoms with Crippen LogP contribution in [0.5, 0.6) is 0 Å². The van der Waals surface area contributed by atoms with Gasteiger partial charge >= 0.3 is 0 Å². The summed E-state index contributed by atoms with van der Waals surface area (Å²) in [6, 6.07) is 0.